The maximum absolute atomic E-state index is 5.49. The molecule has 178 valence electrons. The third-order valence-corrected chi connectivity index (χ3v) is 5.74. The van der Waals surface area contributed by atoms with E-state index in [1.165, 1.54) is 0 Å². The Kier molecular flexibility index (Phi) is 6.67. The smallest absolute Gasteiger partial charge is 0.250 e. The molecule has 0 atom stereocenters. The van der Waals surface area contributed by atoms with E-state index in [4.69, 9.17) is 9.72 Å². The SMILES string of the molecule is CN(C)c1ccc(C=NNc2nc(Nc3cccc4ccccc34)nc(N3CCOCC3)n2)cc1. The van der Waals surface area contributed by atoms with Gasteiger partial charge in [-0.3, -0.25) is 0 Å². The number of nitrogens with zero attached hydrogens (tertiary/aromatic N) is 6. The molecule has 0 spiro atoms. The first-order chi connectivity index (χ1) is 17.2. The minimum atomic E-state index is 0.366. The molecule has 0 unspecified atom stereocenters. The second kappa shape index (κ2) is 10.4. The minimum Gasteiger partial charge on any atom is -0.378 e. The average molecular weight is 469 g/mol. The van der Waals surface area contributed by atoms with Crippen molar-refractivity contribution in [3.8, 4) is 0 Å². The highest BCUT2D eigenvalue weighted by Gasteiger charge is 2.17. The van der Waals surface area contributed by atoms with Crippen LogP contribution in [0.2, 0.25) is 0 Å². The molecule has 0 saturated carbocycles. The fraction of sp³-hybridized carbons (Fsp3) is 0.231. The summed E-state index contributed by atoms with van der Waals surface area (Å²) in [7, 11) is 4.03. The first-order valence-electron chi connectivity index (χ1n) is 11.6. The average Bonchev–Trinajstić information content (AvgIpc) is 2.90. The van der Waals surface area contributed by atoms with Crippen LogP contribution in [0, 0.1) is 0 Å². The Labute approximate surface area is 204 Å². The Balaban J connectivity index is 1.41. The highest BCUT2D eigenvalue weighted by molar-refractivity contribution is 5.95. The van der Waals surface area contributed by atoms with Crippen molar-refractivity contribution in [2.45, 2.75) is 0 Å². The largest absolute Gasteiger partial charge is 0.378 e. The number of rotatable bonds is 7. The number of hydrogen-bond donors (Lipinski definition) is 2. The summed E-state index contributed by atoms with van der Waals surface area (Å²) in [5, 5.41) is 9.97. The molecule has 4 aromatic rings. The first-order valence-corrected chi connectivity index (χ1v) is 11.6. The summed E-state index contributed by atoms with van der Waals surface area (Å²) >= 11 is 0. The predicted octanol–water partition coefficient (Wildman–Crippen LogP) is 4.12. The lowest BCUT2D eigenvalue weighted by Gasteiger charge is -2.27. The van der Waals surface area contributed by atoms with E-state index in [-0.39, 0.29) is 0 Å². The molecule has 2 heterocycles. The van der Waals surface area contributed by atoms with E-state index in [0.29, 0.717) is 31.1 Å². The number of anilines is 5. The summed E-state index contributed by atoms with van der Waals surface area (Å²) < 4.78 is 5.49. The van der Waals surface area contributed by atoms with Gasteiger partial charge in [-0.1, -0.05) is 48.5 Å². The van der Waals surface area contributed by atoms with Crippen molar-refractivity contribution in [3.63, 3.8) is 0 Å². The number of benzene rings is 3. The molecule has 9 heteroatoms. The van der Waals surface area contributed by atoms with E-state index in [2.05, 4.69) is 53.8 Å². The van der Waals surface area contributed by atoms with E-state index in [1.54, 1.807) is 6.21 Å². The standard InChI is InChI=1S/C26H28N8O/c1-33(2)21-12-10-19(11-13-21)18-27-32-25-29-24(30-26(31-25)34-14-16-35-17-15-34)28-23-9-5-7-20-6-3-4-8-22(20)23/h3-13,18H,14-17H2,1-2H3,(H2,28,29,30,31,32). The van der Waals surface area contributed by atoms with Crippen LogP contribution in [-0.2, 0) is 4.74 Å². The van der Waals surface area contributed by atoms with Gasteiger partial charge >= 0.3 is 0 Å². The monoisotopic (exact) mass is 468 g/mol. The number of nitrogens with one attached hydrogen (secondary N) is 2. The van der Waals surface area contributed by atoms with Crippen LogP contribution in [0.3, 0.4) is 0 Å². The van der Waals surface area contributed by atoms with Gasteiger partial charge in [0, 0.05) is 43.9 Å². The van der Waals surface area contributed by atoms with Gasteiger partial charge in [-0.2, -0.15) is 20.1 Å². The Morgan fingerprint density at radius 3 is 2.43 bits per heavy atom. The van der Waals surface area contributed by atoms with E-state index in [9.17, 15) is 0 Å². The Morgan fingerprint density at radius 1 is 0.886 bits per heavy atom. The molecule has 3 aromatic carbocycles. The molecule has 1 saturated heterocycles. The Morgan fingerprint density at radius 2 is 1.63 bits per heavy atom. The van der Waals surface area contributed by atoms with Crippen LogP contribution in [0.25, 0.3) is 10.8 Å². The van der Waals surface area contributed by atoms with E-state index in [0.717, 1.165) is 40.8 Å². The lowest BCUT2D eigenvalue weighted by Crippen LogP contribution is -2.37. The minimum absolute atomic E-state index is 0.366. The second-order valence-corrected chi connectivity index (χ2v) is 8.39. The van der Waals surface area contributed by atoms with Crippen molar-refractivity contribution in [2.75, 3.05) is 60.9 Å². The summed E-state index contributed by atoms with van der Waals surface area (Å²) in [6.07, 6.45) is 1.75. The number of hydrogen-bond acceptors (Lipinski definition) is 9. The number of ether oxygens (including phenoxy) is 1. The third-order valence-electron chi connectivity index (χ3n) is 5.74. The van der Waals surface area contributed by atoms with Crippen molar-refractivity contribution in [1.29, 1.82) is 0 Å². The predicted molar refractivity (Wildman–Crippen MR) is 142 cm³/mol. The molecule has 1 fully saturated rings. The Bertz CT molecular complexity index is 1310. The topological polar surface area (TPSA) is 90.8 Å². The Hall–Kier alpha value is -4.24. The second-order valence-electron chi connectivity index (χ2n) is 8.39. The number of hydrazone groups is 1. The fourth-order valence-corrected chi connectivity index (χ4v) is 3.85. The fourth-order valence-electron chi connectivity index (χ4n) is 3.85. The molecule has 0 aliphatic carbocycles. The molecule has 0 amide bonds. The van der Waals surface area contributed by atoms with E-state index in [1.807, 2.05) is 62.6 Å². The molecule has 1 aliphatic heterocycles. The number of morpholine rings is 1. The molecule has 35 heavy (non-hydrogen) atoms. The van der Waals surface area contributed by atoms with E-state index < -0.39 is 0 Å². The first kappa shape index (κ1) is 22.5. The van der Waals surface area contributed by atoms with Gasteiger partial charge in [0.15, 0.2) is 0 Å². The maximum Gasteiger partial charge on any atom is 0.250 e. The molecule has 2 N–H and O–H groups in total. The van der Waals surface area contributed by atoms with Gasteiger partial charge in [-0.05, 0) is 29.1 Å². The maximum atomic E-state index is 5.49. The zero-order valence-corrected chi connectivity index (χ0v) is 19.8. The van der Waals surface area contributed by atoms with Gasteiger partial charge in [0.05, 0.1) is 19.4 Å². The molecule has 0 bridgehead atoms. The van der Waals surface area contributed by atoms with Crippen LogP contribution in [0.1, 0.15) is 5.56 Å². The lowest BCUT2D eigenvalue weighted by atomic mass is 10.1. The van der Waals surface area contributed by atoms with Gasteiger partial charge in [0.25, 0.3) is 0 Å². The number of aromatic nitrogens is 3. The van der Waals surface area contributed by atoms with Gasteiger partial charge in [-0.15, -0.1) is 0 Å². The van der Waals surface area contributed by atoms with Crippen molar-refractivity contribution >= 4 is 46.2 Å². The quantitative estimate of drug-likeness (QED) is 0.309. The van der Waals surface area contributed by atoms with Crippen LogP contribution in [-0.4, -0.2) is 61.6 Å². The normalized spacial score (nSPS) is 13.8. The van der Waals surface area contributed by atoms with Crippen LogP contribution < -0.4 is 20.5 Å². The van der Waals surface area contributed by atoms with Gasteiger partial charge in [0.1, 0.15) is 0 Å². The van der Waals surface area contributed by atoms with Crippen LogP contribution in [0.5, 0.6) is 0 Å². The summed E-state index contributed by atoms with van der Waals surface area (Å²) in [4.78, 5) is 18.0. The van der Waals surface area contributed by atoms with Crippen molar-refractivity contribution in [3.05, 3.63) is 72.3 Å². The zero-order valence-electron chi connectivity index (χ0n) is 19.8. The molecule has 9 nitrogen and oxygen atoms in total. The summed E-state index contributed by atoms with van der Waals surface area (Å²) in [6.45, 7) is 2.72. The van der Waals surface area contributed by atoms with Crippen LogP contribution in [0.4, 0.5) is 29.2 Å². The van der Waals surface area contributed by atoms with E-state index >= 15 is 0 Å². The summed E-state index contributed by atoms with van der Waals surface area (Å²) in [5.74, 6) is 1.40. The zero-order chi connectivity index (χ0) is 24.0. The summed E-state index contributed by atoms with van der Waals surface area (Å²) in [5.41, 5.74) is 6.00. The van der Waals surface area contributed by atoms with Crippen molar-refractivity contribution < 1.29 is 4.74 Å². The highest BCUT2D eigenvalue weighted by Crippen LogP contribution is 2.26. The van der Waals surface area contributed by atoms with Gasteiger partial charge in [0.2, 0.25) is 17.8 Å². The number of fused-ring (bicyclic) bond motifs is 1. The third kappa shape index (κ3) is 5.47. The summed E-state index contributed by atoms with van der Waals surface area (Å²) in [6, 6.07) is 22.4. The van der Waals surface area contributed by atoms with Gasteiger partial charge in [-0.25, -0.2) is 5.43 Å². The van der Waals surface area contributed by atoms with Crippen molar-refractivity contribution in [2.24, 2.45) is 5.10 Å². The molecule has 5 rings (SSSR count). The van der Waals surface area contributed by atoms with Crippen LogP contribution in [0.15, 0.2) is 71.8 Å². The molecular formula is C26H28N8O. The van der Waals surface area contributed by atoms with Crippen LogP contribution >= 0.6 is 0 Å². The molecular weight excluding hydrogens is 440 g/mol. The molecule has 0 radical (unpaired) electrons. The molecule has 1 aromatic heterocycles. The molecule has 1 aliphatic rings. The highest BCUT2D eigenvalue weighted by atomic mass is 16.5. The lowest BCUT2D eigenvalue weighted by molar-refractivity contribution is 0.122. The van der Waals surface area contributed by atoms with Crippen molar-refractivity contribution in [1.82, 2.24) is 15.0 Å². The van der Waals surface area contributed by atoms with Gasteiger partial charge < -0.3 is 19.9 Å².